The van der Waals surface area contributed by atoms with E-state index in [9.17, 15) is 0 Å². The molecule has 0 aliphatic carbocycles. The zero-order chi connectivity index (χ0) is 8.97. The highest BCUT2D eigenvalue weighted by Crippen LogP contribution is 2.20. The summed E-state index contributed by atoms with van der Waals surface area (Å²) in [6, 6.07) is 8.29. The standard InChI is InChI=1S/C9H15N3/c1-7(11-2)8-5-3-4-6-9(8)12-10/h3-7,11-12H,10H2,1-2H3. The summed E-state index contributed by atoms with van der Waals surface area (Å²) in [6.45, 7) is 2.09. The van der Waals surface area contributed by atoms with Gasteiger partial charge in [-0.25, -0.2) is 0 Å². The number of nitrogen functional groups attached to an aromatic ring is 1. The molecule has 0 amide bonds. The monoisotopic (exact) mass is 165 g/mol. The minimum Gasteiger partial charge on any atom is -0.324 e. The molecule has 1 atom stereocenters. The molecule has 0 radical (unpaired) electrons. The van der Waals surface area contributed by atoms with Crippen molar-refractivity contribution in [2.75, 3.05) is 12.5 Å². The predicted octanol–water partition coefficient (Wildman–Crippen LogP) is 1.25. The van der Waals surface area contributed by atoms with E-state index in [1.165, 1.54) is 5.56 Å². The average Bonchev–Trinajstić information content (AvgIpc) is 2.16. The quantitative estimate of drug-likeness (QED) is 0.466. The molecule has 0 spiro atoms. The molecule has 3 nitrogen and oxygen atoms in total. The van der Waals surface area contributed by atoms with Crippen LogP contribution in [0.25, 0.3) is 0 Å². The predicted molar refractivity (Wildman–Crippen MR) is 51.7 cm³/mol. The van der Waals surface area contributed by atoms with E-state index in [1.54, 1.807) is 0 Å². The zero-order valence-corrected chi connectivity index (χ0v) is 7.46. The lowest BCUT2D eigenvalue weighted by molar-refractivity contribution is 0.653. The molecule has 3 heteroatoms. The number of hydrogen-bond donors (Lipinski definition) is 3. The van der Waals surface area contributed by atoms with E-state index < -0.39 is 0 Å². The molecule has 0 saturated heterocycles. The third-order valence-corrected chi connectivity index (χ3v) is 2.02. The van der Waals surface area contributed by atoms with Crippen molar-refractivity contribution in [3.05, 3.63) is 29.8 Å². The van der Waals surface area contributed by atoms with Gasteiger partial charge in [-0.1, -0.05) is 18.2 Å². The van der Waals surface area contributed by atoms with Gasteiger partial charge in [0.2, 0.25) is 0 Å². The van der Waals surface area contributed by atoms with E-state index in [0.29, 0.717) is 6.04 Å². The lowest BCUT2D eigenvalue weighted by Gasteiger charge is -2.14. The van der Waals surface area contributed by atoms with Crippen LogP contribution in [0.15, 0.2) is 24.3 Å². The Morgan fingerprint density at radius 3 is 2.58 bits per heavy atom. The number of nitrogens with one attached hydrogen (secondary N) is 2. The third kappa shape index (κ3) is 1.75. The van der Waals surface area contributed by atoms with Gasteiger partial charge in [0.1, 0.15) is 0 Å². The van der Waals surface area contributed by atoms with Crippen LogP contribution in [0.5, 0.6) is 0 Å². The molecule has 0 aliphatic rings. The first-order valence-electron chi connectivity index (χ1n) is 4.02. The summed E-state index contributed by atoms with van der Waals surface area (Å²) in [4.78, 5) is 0. The maximum atomic E-state index is 5.37. The highest BCUT2D eigenvalue weighted by molar-refractivity contribution is 5.51. The number of hydrogen-bond acceptors (Lipinski definition) is 3. The van der Waals surface area contributed by atoms with Crippen molar-refractivity contribution in [1.82, 2.24) is 5.32 Å². The van der Waals surface area contributed by atoms with Crippen LogP contribution in [0.3, 0.4) is 0 Å². The van der Waals surface area contributed by atoms with Gasteiger partial charge in [-0.3, -0.25) is 5.84 Å². The molecular formula is C9H15N3. The van der Waals surface area contributed by atoms with Crippen LogP contribution in [0, 0.1) is 0 Å². The molecule has 0 bridgehead atoms. The van der Waals surface area contributed by atoms with E-state index in [2.05, 4.69) is 23.7 Å². The molecule has 1 rings (SSSR count). The van der Waals surface area contributed by atoms with E-state index in [4.69, 9.17) is 5.84 Å². The SMILES string of the molecule is CNC(C)c1ccccc1NN. The molecule has 0 heterocycles. The summed E-state index contributed by atoms with van der Waals surface area (Å²) in [7, 11) is 1.93. The smallest absolute Gasteiger partial charge is 0.0532 e. The number of benzene rings is 1. The van der Waals surface area contributed by atoms with Gasteiger partial charge in [-0.15, -0.1) is 0 Å². The van der Waals surface area contributed by atoms with Crippen molar-refractivity contribution in [3.8, 4) is 0 Å². The number of para-hydroxylation sites is 1. The number of nitrogens with two attached hydrogens (primary N) is 1. The molecule has 12 heavy (non-hydrogen) atoms. The maximum Gasteiger partial charge on any atom is 0.0532 e. The summed E-state index contributed by atoms with van der Waals surface area (Å²) in [6.07, 6.45) is 0. The lowest BCUT2D eigenvalue weighted by Crippen LogP contribution is -2.16. The second-order valence-corrected chi connectivity index (χ2v) is 2.74. The van der Waals surface area contributed by atoms with Crippen molar-refractivity contribution < 1.29 is 0 Å². The van der Waals surface area contributed by atoms with E-state index >= 15 is 0 Å². The Morgan fingerprint density at radius 2 is 2.00 bits per heavy atom. The molecule has 0 saturated carbocycles. The minimum atomic E-state index is 0.317. The lowest BCUT2D eigenvalue weighted by atomic mass is 10.1. The van der Waals surface area contributed by atoms with Gasteiger partial charge in [-0.05, 0) is 25.6 Å². The van der Waals surface area contributed by atoms with Crippen molar-refractivity contribution >= 4 is 5.69 Å². The summed E-state index contributed by atoms with van der Waals surface area (Å²) in [5.41, 5.74) is 4.83. The zero-order valence-electron chi connectivity index (χ0n) is 7.46. The van der Waals surface area contributed by atoms with Gasteiger partial charge in [0, 0.05) is 6.04 Å². The highest BCUT2D eigenvalue weighted by atomic mass is 15.2. The number of rotatable bonds is 3. The average molecular weight is 165 g/mol. The Morgan fingerprint density at radius 1 is 1.33 bits per heavy atom. The minimum absolute atomic E-state index is 0.317. The Hall–Kier alpha value is -1.06. The second-order valence-electron chi connectivity index (χ2n) is 2.74. The first-order valence-corrected chi connectivity index (χ1v) is 4.02. The van der Waals surface area contributed by atoms with Crippen LogP contribution in [0.1, 0.15) is 18.5 Å². The molecule has 1 aromatic carbocycles. The molecule has 1 unspecified atom stereocenters. The van der Waals surface area contributed by atoms with Crippen LogP contribution < -0.4 is 16.6 Å². The van der Waals surface area contributed by atoms with E-state index in [-0.39, 0.29) is 0 Å². The summed E-state index contributed by atoms with van der Waals surface area (Å²) < 4.78 is 0. The van der Waals surface area contributed by atoms with E-state index in [1.807, 2.05) is 25.2 Å². The number of hydrazine groups is 1. The largest absolute Gasteiger partial charge is 0.324 e. The van der Waals surface area contributed by atoms with Gasteiger partial charge < -0.3 is 10.7 Å². The van der Waals surface area contributed by atoms with Crippen LogP contribution in [-0.4, -0.2) is 7.05 Å². The van der Waals surface area contributed by atoms with Gasteiger partial charge in [0.15, 0.2) is 0 Å². The van der Waals surface area contributed by atoms with Crippen LogP contribution in [0.2, 0.25) is 0 Å². The Balaban J connectivity index is 2.96. The Labute approximate surface area is 72.9 Å². The summed E-state index contributed by atoms with van der Waals surface area (Å²) >= 11 is 0. The normalized spacial score (nSPS) is 12.6. The molecule has 66 valence electrons. The van der Waals surface area contributed by atoms with Gasteiger partial charge >= 0.3 is 0 Å². The molecule has 4 N–H and O–H groups in total. The van der Waals surface area contributed by atoms with E-state index in [0.717, 1.165) is 5.69 Å². The Bertz CT molecular complexity index is 247. The first-order chi connectivity index (χ1) is 5.79. The van der Waals surface area contributed by atoms with Gasteiger partial charge in [0.05, 0.1) is 5.69 Å². The summed E-state index contributed by atoms with van der Waals surface area (Å²) in [5, 5.41) is 3.16. The fraction of sp³-hybridized carbons (Fsp3) is 0.333. The van der Waals surface area contributed by atoms with Gasteiger partial charge in [-0.2, -0.15) is 0 Å². The molecule has 0 aliphatic heterocycles. The number of anilines is 1. The molecule has 1 aromatic rings. The molecule has 0 fully saturated rings. The van der Waals surface area contributed by atoms with Crippen LogP contribution >= 0.6 is 0 Å². The highest BCUT2D eigenvalue weighted by Gasteiger charge is 2.05. The maximum absolute atomic E-state index is 5.37. The third-order valence-electron chi connectivity index (χ3n) is 2.02. The van der Waals surface area contributed by atoms with Crippen molar-refractivity contribution in [2.45, 2.75) is 13.0 Å². The molecular weight excluding hydrogens is 150 g/mol. The fourth-order valence-electron chi connectivity index (χ4n) is 1.16. The van der Waals surface area contributed by atoms with Crippen molar-refractivity contribution in [2.24, 2.45) is 5.84 Å². The van der Waals surface area contributed by atoms with Crippen molar-refractivity contribution in [1.29, 1.82) is 0 Å². The second kappa shape index (κ2) is 4.09. The summed E-state index contributed by atoms with van der Waals surface area (Å²) in [5.74, 6) is 5.37. The fourth-order valence-corrected chi connectivity index (χ4v) is 1.16. The van der Waals surface area contributed by atoms with Crippen molar-refractivity contribution in [3.63, 3.8) is 0 Å². The molecule has 0 aromatic heterocycles. The Kier molecular flexibility index (Phi) is 3.08. The van der Waals surface area contributed by atoms with Crippen LogP contribution in [-0.2, 0) is 0 Å². The first kappa shape index (κ1) is 9.03. The van der Waals surface area contributed by atoms with Crippen LogP contribution in [0.4, 0.5) is 5.69 Å². The van der Waals surface area contributed by atoms with Gasteiger partial charge in [0.25, 0.3) is 0 Å². The topological polar surface area (TPSA) is 50.1 Å².